The van der Waals surface area contributed by atoms with E-state index in [4.69, 9.17) is 24.0 Å². The van der Waals surface area contributed by atoms with E-state index in [0.29, 0.717) is 10.1 Å². The van der Waals surface area contributed by atoms with Crippen molar-refractivity contribution in [1.29, 1.82) is 0 Å². The van der Waals surface area contributed by atoms with Crippen molar-refractivity contribution in [2.75, 3.05) is 0 Å². The van der Waals surface area contributed by atoms with Crippen molar-refractivity contribution in [2.45, 2.75) is 42.9 Å². The van der Waals surface area contributed by atoms with Crippen molar-refractivity contribution in [3.8, 4) is 0 Å². The predicted molar refractivity (Wildman–Crippen MR) is 133 cm³/mol. The molecule has 2 aromatic rings. The lowest BCUT2D eigenvalue weighted by Crippen LogP contribution is -2.59. The first-order chi connectivity index (χ1) is 20.0. The Morgan fingerprint density at radius 1 is 0.864 bits per heavy atom. The van der Waals surface area contributed by atoms with Gasteiger partial charge in [-0.1, -0.05) is 30.3 Å². The molecule has 0 bridgehead atoms. The van der Waals surface area contributed by atoms with Crippen LogP contribution in [0, 0.1) is 0 Å². The molecule has 9 N–H and O–H groups in total. The molecule has 1 aromatic heterocycles. The van der Waals surface area contributed by atoms with E-state index in [9.17, 15) is 57.8 Å². The molecule has 2 aliphatic rings. The number of aromatic nitrogens is 2. The van der Waals surface area contributed by atoms with Gasteiger partial charge in [0.1, 0.15) is 0 Å². The van der Waals surface area contributed by atoms with Crippen LogP contribution in [0.15, 0.2) is 52.2 Å². The Labute approximate surface area is 242 Å². The molecule has 0 aliphatic carbocycles. The Balaban J connectivity index is 1.61. The number of benzene rings is 1. The number of aliphatic hydroxyl groups is 3. The Morgan fingerprint density at radius 2 is 1.43 bits per heavy atom. The molecular formula is C17H22N2O21P4. The van der Waals surface area contributed by atoms with E-state index >= 15 is 0 Å². The van der Waals surface area contributed by atoms with Crippen LogP contribution in [0.25, 0.3) is 0 Å². The Bertz CT molecular complexity index is 1690. The van der Waals surface area contributed by atoms with E-state index in [-0.39, 0.29) is 6.42 Å². The molecule has 0 radical (unpaired) electrons. The largest absolute Gasteiger partial charge is 0.490 e. The van der Waals surface area contributed by atoms with Gasteiger partial charge in [-0.05, 0) is 5.56 Å². The van der Waals surface area contributed by atoms with Crippen LogP contribution in [-0.2, 0) is 56.3 Å². The molecular weight excluding hydrogens is 692 g/mol. The average molecular weight is 714 g/mol. The van der Waals surface area contributed by atoms with E-state index in [1.165, 1.54) is 0 Å². The first-order valence-corrected chi connectivity index (χ1v) is 17.4. The van der Waals surface area contributed by atoms with Crippen LogP contribution in [-0.4, -0.2) is 79.6 Å². The van der Waals surface area contributed by atoms with Gasteiger partial charge in [0.25, 0.3) is 17.1 Å². The smallest absolute Gasteiger partial charge is 0.365 e. The number of hydrogen-bond acceptors (Lipinski definition) is 16. The minimum atomic E-state index is -6.30. The maximum atomic E-state index is 12.5. The average Bonchev–Trinajstić information content (AvgIpc) is 3.19. The highest BCUT2D eigenvalue weighted by atomic mass is 31.3. The summed E-state index contributed by atoms with van der Waals surface area (Å²) in [4.78, 5) is 71.6. The number of aromatic amines is 1. The molecule has 1 aromatic carbocycles. The van der Waals surface area contributed by atoms with Gasteiger partial charge in [0.05, 0.1) is 0 Å². The van der Waals surface area contributed by atoms with Crippen LogP contribution >= 0.6 is 31.3 Å². The van der Waals surface area contributed by atoms with Crippen LogP contribution in [0.3, 0.4) is 0 Å². The van der Waals surface area contributed by atoms with E-state index < -0.39 is 79.0 Å². The van der Waals surface area contributed by atoms with E-state index in [1.807, 2.05) is 4.98 Å². The highest BCUT2D eigenvalue weighted by Crippen LogP contribution is 2.71. The lowest BCUT2D eigenvalue weighted by Gasteiger charge is -2.32. The van der Waals surface area contributed by atoms with E-state index in [1.54, 1.807) is 30.3 Å². The fourth-order valence-electron chi connectivity index (χ4n) is 4.08. The number of fused-ring (bicyclic) bond motifs is 1. The second kappa shape index (κ2) is 12.1. The molecule has 0 amide bonds. The van der Waals surface area contributed by atoms with Gasteiger partial charge in [-0.25, -0.2) is 23.1 Å². The zero-order chi connectivity index (χ0) is 32.9. The minimum absolute atomic E-state index is 0.188. The standard InChI is InChI=1S/C17H22N2O21P4/c20-10-6-7-19(15(22)18-10)14-17(24)16(23,35-11(36-17)8-9-4-2-1-3-5-9)12(34-14)13(21)37-42(28,29)39-44(32,33)40-43(30,31)38-41(25,26)27/h1-7,11-14,21,23-24H,8H2,(H,28,29)(H,30,31)(H,32,33)(H,18,20,22)(H2,25,26,27)/t11?,12-,13?,14-,16+,17-/m1/s1. The zero-order valence-corrected chi connectivity index (χ0v) is 24.8. The zero-order valence-electron chi connectivity index (χ0n) is 21.2. The van der Waals surface area contributed by atoms with Crippen molar-refractivity contribution in [1.82, 2.24) is 9.55 Å². The number of phosphoric acid groups is 4. The van der Waals surface area contributed by atoms with Crippen LogP contribution in [0.1, 0.15) is 11.8 Å². The number of rotatable bonds is 12. The molecule has 2 saturated heterocycles. The van der Waals surface area contributed by atoms with Crippen LogP contribution in [0.2, 0.25) is 0 Å². The molecule has 0 saturated carbocycles. The molecule has 23 nitrogen and oxygen atoms in total. The lowest BCUT2D eigenvalue weighted by molar-refractivity contribution is -0.304. The highest BCUT2D eigenvalue weighted by Gasteiger charge is 2.77. The summed E-state index contributed by atoms with van der Waals surface area (Å²) in [6, 6.07) is 8.89. The van der Waals surface area contributed by atoms with Crippen LogP contribution < -0.4 is 11.2 Å². The normalized spacial score (nSPS) is 31.9. The Hall–Kier alpha value is -1.78. The lowest BCUT2D eigenvalue weighted by atomic mass is 10.0. The first-order valence-electron chi connectivity index (χ1n) is 11.4. The summed E-state index contributed by atoms with van der Waals surface area (Å²) >= 11 is 0. The molecule has 5 unspecified atom stereocenters. The predicted octanol–water partition coefficient (Wildman–Crippen LogP) is -1.79. The van der Waals surface area contributed by atoms with Gasteiger partial charge < -0.3 is 54.0 Å². The van der Waals surface area contributed by atoms with Gasteiger partial charge in [-0.3, -0.25) is 18.9 Å². The number of aliphatic hydroxyl groups excluding tert-OH is 1. The number of ether oxygens (including phenoxy) is 3. The third kappa shape index (κ3) is 7.77. The van der Waals surface area contributed by atoms with Crippen molar-refractivity contribution < 1.29 is 89.7 Å². The number of nitrogens with zero attached hydrogens (tertiary/aromatic N) is 1. The summed E-state index contributed by atoms with van der Waals surface area (Å²) in [5, 5.41) is 33.4. The Morgan fingerprint density at radius 3 is 2.02 bits per heavy atom. The molecule has 44 heavy (non-hydrogen) atoms. The van der Waals surface area contributed by atoms with E-state index in [2.05, 4.69) is 17.5 Å². The van der Waals surface area contributed by atoms with Gasteiger partial charge in [-0.2, -0.15) is 12.9 Å². The van der Waals surface area contributed by atoms with Crippen molar-refractivity contribution >= 4 is 31.3 Å². The summed E-state index contributed by atoms with van der Waals surface area (Å²) in [6.45, 7) is 0. The fraction of sp³-hybridized carbons (Fsp3) is 0.412. The second-order valence-electron chi connectivity index (χ2n) is 8.81. The molecule has 27 heteroatoms. The first kappa shape index (κ1) is 35.1. The third-order valence-corrected chi connectivity index (χ3v) is 11.1. The molecule has 3 heterocycles. The van der Waals surface area contributed by atoms with Crippen LogP contribution in [0.5, 0.6) is 0 Å². The molecule has 2 aliphatic heterocycles. The van der Waals surface area contributed by atoms with Gasteiger partial charge in [-0.15, -0.1) is 0 Å². The van der Waals surface area contributed by atoms with Gasteiger partial charge in [0, 0.05) is 18.7 Å². The van der Waals surface area contributed by atoms with Crippen molar-refractivity contribution in [2.24, 2.45) is 0 Å². The van der Waals surface area contributed by atoms with Crippen LogP contribution in [0.4, 0.5) is 0 Å². The maximum Gasteiger partial charge on any atom is 0.490 e. The molecule has 9 atom stereocenters. The van der Waals surface area contributed by atoms with Gasteiger partial charge in [0.2, 0.25) is 0 Å². The molecule has 2 fully saturated rings. The number of phosphoric ester groups is 1. The number of H-pyrrole nitrogens is 1. The summed E-state index contributed by atoms with van der Waals surface area (Å²) in [5.41, 5.74) is -1.62. The number of hydrogen-bond donors (Lipinski definition) is 9. The molecule has 0 spiro atoms. The summed E-state index contributed by atoms with van der Waals surface area (Å²) < 4.78 is 77.9. The quantitative estimate of drug-likeness (QED) is 0.0865. The Kier molecular flexibility index (Phi) is 9.65. The molecule has 246 valence electrons. The van der Waals surface area contributed by atoms with E-state index in [0.717, 1.165) is 12.3 Å². The summed E-state index contributed by atoms with van der Waals surface area (Å²) in [7, 11) is -24.4. The second-order valence-corrected chi connectivity index (χ2v) is 14.8. The highest BCUT2D eigenvalue weighted by molar-refractivity contribution is 7.69. The van der Waals surface area contributed by atoms with Crippen molar-refractivity contribution in [3.63, 3.8) is 0 Å². The SMILES string of the molecule is O=c1ccn([C@@H]2O[C@H](C(O)OP(=O)(O)OP(=O)(O)OP(=O)(O)OP(=O)(O)O)[C@]3(O)OC(Cc4ccccc4)O[C@]23O)c(=O)[nH]1. The van der Waals surface area contributed by atoms with Gasteiger partial charge in [0.15, 0.2) is 24.9 Å². The minimum Gasteiger partial charge on any atom is -0.365 e. The summed E-state index contributed by atoms with van der Waals surface area (Å²) in [6.07, 6.45) is -8.74. The fourth-order valence-corrected chi connectivity index (χ4v) is 8.55. The van der Waals surface area contributed by atoms with Gasteiger partial charge >= 0.3 is 37.0 Å². The molecule has 4 rings (SSSR count). The van der Waals surface area contributed by atoms with Crippen molar-refractivity contribution in [3.05, 3.63) is 69.0 Å². The summed E-state index contributed by atoms with van der Waals surface area (Å²) in [5.74, 6) is -6.44. The number of nitrogens with one attached hydrogen (secondary N) is 1. The maximum absolute atomic E-state index is 12.5. The monoisotopic (exact) mass is 714 g/mol. The topological polar surface area (TPSA) is 350 Å². The third-order valence-electron chi connectivity index (χ3n) is 5.60.